The van der Waals surface area contributed by atoms with Gasteiger partial charge in [0.15, 0.2) is 0 Å². The van der Waals surface area contributed by atoms with Gasteiger partial charge in [-0.25, -0.2) is 4.79 Å². The van der Waals surface area contributed by atoms with Gasteiger partial charge in [-0.15, -0.1) is 0 Å². The van der Waals surface area contributed by atoms with Gasteiger partial charge in [0.05, 0.1) is 0 Å². The van der Waals surface area contributed by atoms with Crippen molar-refractivity contribution in [2.45, 2.75) is 31.6 Å². The molecule has 2 amide bonds. The van der Waals surface area contributed by atoms with Gasteiger partial charge in [-0.2, -0.15) is 0 Å². The van der Waals surface area contributed by atoms with Crippen LogP contribution in [0.2, 0.25) is 0 Å². The smallest absolute Gasteiger partial charge is 0.321 e. The Morgan fingerprint density at radius 2 is 2.16 bits per heavy atom. The SMILES string of the molecule is CN1Cc2cc(C(Br)C3CC3(C)C)ccc2NC1=O. The second-order valence-electron chi connectivity index (χ2n) is 6.40. The van der Waals surface area contributed by atoms with Crippen LogP contribution in [0.25, 0.3) is 0 Å². The molecule has 1 saturated carbocycles. The lowest BCUT2D eigenvalue weighted by atomic mass is 9.99. The fourth-order valence-electron chi connectivity index (χ4n) is 2.82. The van der Waals surface area contributed by atoms with E-state index in [2.05, 4.69) is 47.2 Å². The number of rotatable bonds is 2. The predicted molar refractivity (Wildman–Crippen MR) is 80.5 cm³/mol. The summed E-state index contributed by atoms with van der Waals surface area (Å²) in [6.07, 6.45) is 1.27. The maximum atomic E-state index is 11.6. The number of hydrogen-bond acceptors (Lipinski definition) is 1. The van der Waals surface area contributed by atoms with Crippen LogP contribution in [0.1, 0.15) is 36.2 Å². The molecule has 0 aromatic heterocycles. The normalized spacial score (nSPS) is 25.6. The van der Waals surface area contributed by atoms with Crippen molar-refractivity contribution in [3.8, 4) is 0 Å². The standard InChI is InChI=1S/C15H19BrN2O/c1-15(2)7-11(15)13(16)9-4-5-12-10(6-9)8-18(3)14(19)17-12/h4-6,11,13H,7-8H2,1-3H3,(H,17,19). The van der Waals surface area contributed by atoms with Gasteiger partial charge in [-0.1, -0.05) is 41.9 Å². The van der Waals surface area contributed by atoms with E-state index in [1.807, 2.05) is 13.1 Å². The zero-order chi connectivity index (χ0) is 13.8. The van der Waals surface area contributed by atoms with E-state index in [4.69, 9.17) is 0 Å². The number of hydrogen-bond donors (Lipinski definition) is 1. The van der Waals surface area contributed by atoms with Crippen LogP contribution in [0, 0.1) is 11.3 Å². The molecular formula is C15H19BrN2O. The van der Waals surface area contributed by atoms with Gasteiger partial charge in [-0.05, 0) is 34.9 Å². The van der Waals surface area contributed by atoms with Gasteiger partial charge in [0.1, 0.15) is 0 Å². The van der Waals surface area contributed by atoms with Crippen LogP contribution < -0.4 is 5.32 Å². The Labute approximate surface area is 122 Å². The molecule has 4 heteroatoms. The van der Waals surface area contributed by atoms with Gasteiger partial charge in [0.25, 0.3) is 0 Å². The molecule has 1 N–H and O–H groups in total. The summed E-state index contributed by atoms with van der Waals surface area (Å²) in [6.45, 7) is 5.32. The van der Waals surface area contributed by atoms with E-state index < -0.39 is 0 Å². The number of urea groups is 1. The molecule has 2 aliphatic rings. The molecule has 1 aliphatic carbocycles. The lowest BCUT2D eigenvalue weighted by Gasteiger charge is -2.27. The highest BCUT2D eigenvalue weighted by Crippen LogP contribution is 2.60. The first-order chi connectivity index (χ1) is 8.88. The van der Waals surface area contributed by atoms with Crippen LogP contribution in [0.15, 0.2) is 18.2 Å². The van der Waals surface area contributed by atoms with E-state index in [-0.39, 0.29) is 6.03 Å². The van der Waals surface area contributed by atoms with Crippen LogP contribution in [-0.2, 0) is 6.54 Å². The summed E-state index contributed by atoms with van der Waals surface area (Å²) in [5.74, 6) is 0.710. The molecule has 3 rings (SSSR count). The number of anilines is 1. The number of nitrogens with zero attached hydrogens (tertiary/aromatic N) is 1. The Morgan fingerprint density at radius 1 is 1.47 bits per heavy atom. The molecular weight excluding hydrogens is 304 g/mol. The average molecular weight is 323 g/mol. The molecule has 1 heterocycles. The minimum atomic E-state index is -0.0287. The summed E-state index contributed by atoms with van der Waals surface area (Å²) >= 11 is 3.84. The molecule has 0 radical (unpaired) electrons. The molecule has 1 aromatic carbocycles. The van der Waals surface area contributed by atoms with Gasteiger partial charge >= 0.3 is 6.03 Å². The van der Waals surface area contributed by atoms with Gasteiger partial charge in [0.2, 0.25) is 0 Å². The van der Waals surface area contributed by atoms with Crippen molar-refractivity contribution >= 4 is 27.6 Å². The monoisotopic (exact) mass is 322 g/mol. The number of benzene rings is 1. The van der Waals surface area contributed by atoms with Crippen LogP contribution in [0.5, 0.6) is 0 Å². The Bertz CT molecular complexity index is 541. The molecule has 102 valence electrons. The van der Waals surface area contributed by atoms with Crippen molar-refractivity contribution < 1.29 is 4.79 Å². The van der Waals surface area contributed by atoms with Gasteiger partial charge < -0.3 is 10.2 Å². The summed E-state index contributed by atoms with van der Waals surface area (Å²) in [6, 6.07) is 6.34. The van der Waals surface area contributed by atoms with Crippen molar-refractivity contribution in [3.63, 3.8) is 0 Å². The highest BCUT2D eigenvalue weighted by atomic mass is 79.9. The zero-order valence-electron chi connectivity index (χ0n) is 11.5. The number of nitrogens with one attached hydrogen (secondary N) is 1. The number of halogens is 1. The maximum absolute atomic E-state index is 11.6. The maximum Gasteiger partial charge on any atom is 0.321 e. The molecule has 0 spiro atoms. The Hall–Kier alpha value is -1.03. The third-order valence-electron chi connectivity index (χ3n) is 4.39. The van der Waals surface area contributed by atoms with E-state index in [9.17, 15) is 4.79 Å². The zero-order valence-corrected chi connectivity index (χ0v) is 13.1. The molecule has 1 fully saturated rings. The number of fused-ring (bicyclic) bond motifs is 1. The predicted octanol–water partition coefficient (Wildman–Crippen LogP) is 4.15. The number of carbonyl (C=O) groups is 1. The van der Waals surface area contributed by atoms with E-state index in [1.54, 1.807) is 4.90 Å². The molecule has 19 heavy (non-hydrogen) atoms. The fraction of sp³-hybridized carbons (Fsp3) is 0.533. The van der Waals surface area contributed by atoms with Crippen LogP contribution in [-0.4, -0.2) is 18.0 Å². The fourth-order valence-corrected chi connectivity index (χ4v) is 4.00. The van der Waals surface area contributed by atoms with Crippen molar-refractivity contribution in [1.82, 2.24) is 4.90 Å². The molecule has 1 aromatic rings. The van der Waals surface area contributed by atoms with Crippen molar-refractivity contribution in [3.05, 3.63) is 29.3 Å². The molecule has 1 aliphatic heterocycles. The third kappa shape index (κ3) is 2.27. The molecule has 3 nitrogen and oxygen atoms in total. The second-order valence-corrected chi connectivity index (χ2v) is 7.39. The number of amides is 2. The van der Waals surface area contributed by atoms with Crippen LogP contribution >= 0.6 is 15.9 Å². The van der Waals surface area contributed by atoms with Crippen LogP contribution in [0.4, 0.5) is 10.5 Å². The Balaban J connectivity index is 1.86. The lowest BCUT2D eigenvalue weighted by molar-refractivity contribution is 0.218. The quantitative estimate of drug-likeness (QED) is 0.815. The van der Waals surface area contributed by atoms with Crippen molar-refractivity contribution in [2.75, 3.05) is 12.4 Å². The van der Waals surface area contributed by atoms with Gasteiger partial charge in [-0.3, -0.25) is 0 Å². The topological polar surface area (TPSA) is 32.3 Å². The van der Waals surface area contributed by atoms with E-state index >= 15 is 0 Å². The average Bonchev–Trinajstić information content (AvgIpc) is 2.98. The first-order valence-electron chi connectivity index (χ1n) is 6.67. The lowest BCUT2D eigenvalue weighted by Crippen LogP contribution is -2.35. The minimum Gasteiger partial charge on any atom is -0.323 e. The van der Waals surface area contributed by atoms with Crippen molar-refractivity contribution in [2.24, 2.45) is 11.3 Å². The summed E-state index contributed by atoms with van der Waals surface area (Å²) in [4.78, 5) is 13.7. The van der Waals surface area contributed by atoms with Crippen molar-refractivity contribution in [1.29, 1.82) is 0 Å². The first-order valence-corrected chi connectivity index (χ1v) is 7.59. The highest BCUT2D eigenvalue weighted by molar-refractivity contribution is 9.09. The Kier molecular flexibility index (Phi) is 2.89. The molecule has 0 bridgehead atoms. The minimum absolute atomic E-state index is 0.0287. The Morgan fingerprint density at radius 3 is 2.79 bits per heavy atom. The molecule has 2 unspecified atom stereocenters. The third-order valence-corrected chi connectivity index (χ3v) is 5.55. The molecule has 0 saturated heterocycles. The van der Waals surface area contributed by atoms with E-state index in [0.717, 1.165) is 5.69 Å². The summed E-state index contributed by atoms with van der Waals surface area (Å²) in [5, 5.41) is 2.91. The van der Waals surface area contributed by atoms with E-state index in [0.29, 0.717) is 22.7 Å². The second kappa shape index (κ2) is 4.23. The largest absolute Gasteiger partial charge is 0.323 e. The highest BCUT2D eigenvalue weighted by Gasteiger charge is 2.49. The molecule has 2 atom stereocenters. The first kappa shape index (κ1) is 13.0. The van der Waals surface area contributed by atoms with E-state index in [1.165, 1.54) is 17.5 Å². The number of carbonyl (C=O) groups excluding carboxylic acids is 1. The summed E-state index contributed by atoms with van der Waals surface area (Å²) < 4.78 is 0. The number of alkyl halides is 1. The van der Waals surface area contributed by atoms with Gasteiger partial charge in [0, 0.05) is 24.1 Å². The summed E-state index contributed by atoms with van der Waals surface area (Å²) in [5.41, 5.74) is 3.91. The summed E-state index contributed by atoms with van der Waals surface area (Å²) in [7, 11) is 1.82. The van der Waals surface area contributed by atoms with Crippen LogP contribution in [0.3, 0.4) is 0 Å².